The van der Waals surface area contributed by atoms with Gasteiger partial charge < -0.3 is 4.74 Å². The Kier molecular flexibility index (Phi) is 7.10. The summed E-state index contributed by atoms with van der Waals surface area (Å²) in [5, 5.41) is 19.4. The zero-order valence-corrected chi connectivity index (χ0v) is 20.1. The smallest absolute Gasteiger partial charge is 0.275 e. The van der Waals surface area contributed by atoms with E-state index < -0.39 is 5.91 Å². The van der Waals surface area contributed by atoms with Crippen LogP contribution in [0, 0.1) is 18.3 Å². The molecule has 0 spiro atoms. The monoisotopic (exact) mass is 492 g/mol. The number of amides is 1. The minimum Gasteiger partial charge on any atom is -0.487 e. The van der Waals surface area contributed by atoms with Crippen LogP contribution in [0.3, 0.4) is 0 Å². The van der Waals surface area contributed by atoms with Gasteiger partial charge in [-0.2, -0.15) is 14.9 Å². The third-order valence-electron chi connectivity index (χ3n) is 4.59. The molecule has 34 heavy (non-hydrogen) atoms. The summed E-state index contributed by atoms with van der Waals surface area (Å²) < 4.78 is 7.09. The average Bonchev–Trinajstić information content (AvgIpc) is 3.42. The molecule has 1 aromatic carbocycles. The Morgan fingerprint density at radius 2 is 2.09 bits per heavy atom. The van der Waals surface area contributed by atoms with E-state index in [1.54, 1.807) is 24.3 Å². The van der Waals surface area contributed by atoms with E-state index in [9.17, 15) is 14.9 Å². The van der Waals surface area contributed by atoms with E-state index in [2.05, 4.69) is 27.3 Å². The number of carbonyl (C=O) groups is 1. The van der Waals surface area contributed by atoms with Crippen LogP contribution in [0.4, 0.5) is 5.13 Å². The molecule has 0 unspecified atom stereocenters. The molecule has 0 aliphatic rings. The number of aromatic nitrogens is 4. The van der Waals surface area contributed by atoms with Gasteiger partial charge in [0.2, 0.25) is 4.96 Å². The molecule has 1 N–H and O–H groups in total. The lowest BCUT2D eigenvalue weighted by molar-refractivity contribution is -0.112. The van der Waals surface area contributed by atoms with Crippen LogP contribution in [-0.2, 0) is 17.8 Å². The summed E-state index contributed by atoms with van der Waals surface area (Å²) in [6.45, 7) is 4.01. The van der Waals surface area contributed by atoms with Crippen molar-refractivity contribution in [3.05, 3.63) is 73.6 Å². The molecule has 0 saturated carbocycles. The van der Waals surface area contributed by atoms with Crippen LogP contribution in [0.15, 0.2) is 46.1 Å². The number of nitrogens with zero attached hydrogens (tertiary/aromatic N) is 5. The van der Waals surface area contributed by atoms with Gasteiger partial charge in [-0.05, 0) is 37.1 Å². The van der Waals surface area contributed by atoms with E-state index in [1.807, 2.05) is 18.4 Å². The number of hydrogen-bond donors (Lipinski definition) is 1. The first-order valence-electron chi connectivity index (χ1n) is 10.4. The van der Waals surface area contributed by atoms with Gasteiger partial charge in [0.25, 0.3) is 11.5 Å². The molecule has 0 bridgehead atoms. The molecule has 9 nitrogen and oxygen atoms in total. The highest BCUT2D eigenvalue weighted by Crippen LogP contribution is 2.19. The van der Waals surface area contributed by atoms with Crippen LogP contribution in [0.1, 0.15) is 35.3 Å². The summed E-state index contributed by atoms with van der Waals surface area (Å²) in [6, 6.07) is 10.3. The van der Waals surface area contributed by atoms with E-state index in [1.165, 1.54) is 39.3 Å². The number of rotatable bonds is 8. The second kappa shape index (κ2) is 10.4. The second-order valence-electron chi connectivity index (χ2n) is 7.30. The number of aryl methyl sites for hydroxylation is 2. The summed E-state index contributed by atoms with van der Waals surface area (Å²) in [5.41, 5.74) is 1.71. The van der Waals surface area contributed by atoms with Crippen LogP contribution in [0.25, 0.3) is 11.0 Å². The van der Waals surface area contributed by atoms with E-state index in [4.69, 9.17) is 4.74 Å². The van der Waals surface area contributed by atoms with Gasteiger partial charge in [-0.1, -0.05) is 30.4 Å². The fourth-order valence-electron chi connectivity index (χ4n) is 2.99. The quantitative estimate of drug-likeness (QED) is 0.291. The molecule has 172 valence electrons. The summed E-state index contributed by atoms with van der Waals surface area (Å²) >= 11 is 2.70. The molecule has 1 amide bonds. The Morgan fingerprint density at radius 1 is 1.29 bits per heavy atom. The highest BCUT2D eigenvalue weighted by Gasteiger charge is 2.12. The molecule has 3 aromatic heterocycles. The maximum atomic E-state index is 12.3. The van der Waals surface area contributed by atoms with Gasteiger partial charge in [0.15, 0.2) is 5.13 Å². The molecular formula is C23H20N6O3S2. The summed E-state index contributed by atoms with van der Waals surface area (Å²) in [4.78, 5) is 33.9. The number of hydrogen-bond acceptors (Lipinski definition) is 9. The number of carbonyl (C=O) groups excluding carboxylic acids is 1. The largest absolute Gasteiger partial charge is 0.487 e. The average molecular weight is 493 g/mol. The maximum absolute atomic E-state index is 12.3. The van der Waals surface area contributed by atoms with Crippen LogP contribution in [-0.4, -0.2) is 25.5 Å². The van der Waals surface area contributed by atoms with Crippen LogP contribution in [0.5, 0.6) is 5.75 Å². The molecule has 0 saturated heterocycles. The van der Waals surface area contributed by atoms with Gasteiger partial charge >= 0.3 is 0 Å². The Hall–Kier alpha value is -3.88. The van der Waals surface area contributed by atoms with Crippen molar-refractivity contribution in [1.82, 2.24) is 19.6 Å². The number of thiazole rings is 1. The molecule has 0 radical (unpaired) electrons. The predicted octanol–water partition coefficient (Wildman–Crippen LogP) is 3.99. The Balaban J connectivity index is 1.42. The molecule has 0 aliphatic carbocycles. The Labute approximate surface area is 203 Å². The third kappa shape index (κ3) is 5.54. The fourth-order valence-corrected chi connectivity index (χ4v) is 4.70. The van der Waals surface area contributed by atoms with Crippen molar-refractivity contribution in [3.63, 3.8) is 0 Å². The lowest BCUT2D eigenvalue weighted by Crippen LogP contribution is -2.16. The SMILES string of the molecule is CCCc1nn2c(=O)cc(COc3ccc(C=C(C#N)C(=O)Nc4nc(C)cs4)cc3)nc2s1. The minimum absolute atomic E-state index is 0.0356. The van der Waals surface area contributed by atoms with Crippen molar-refractivity contribution in [3.8, 4) is 11.8 Å². The van der Waals surface area contributed by atoms with Crippen LogP contribution >= 0.6 is 22.7 Å². The Bertz CT molecular complexity index is 1460. The first kappa shape index (κ1) is 23.3. The van der Waals surface area contributed by atoms with Crippen molar-refractivity contribution < 1.29 is 9.53 Å². The lowest BCUT2D eigenvalue weighted by Gasteiger charge is -2.06. The van der Waals surface area contributed by atoms with Gasteiger partial charge in [-0.15, -0.1) is 11.3 Å². The second-order valence-corrected chi connectivity index (χ2v) is 9.20. The van der Waals surface area contributed by atoms with Gasteiger partial charge in [-0.3, -0.25) is 14.9 Å². The summed E-state index contributed by atoms with van der Waals surface area (Å²) in [6.07, 6.45) is 3.25. The number of nitriles is 1. The Morgan fingerprint density at radius 3 is 2.76 bits per heavy atom. The van der Waals surface area contributed by atoms with E-state index in [0.29, 0.717) is 27.1 Å². The zero-order valence-electron chi connectivity index (χ0n) is 18.4. The van der Waals surface area contributed by atoms with E-state index in [-0.39, 0.29) is 17.7 Å². The van der Waals surface area contributed by atoms with Crippen molar-refractivity contribution in [2.24, 2.45) is 0 Å². The topological polar surface area (TPSA) is 122 Å². The van der Waals surface area contributed by atoms with Gasteiger partial charge in [0, 0.05) is 17.9 Å². The van der Waals surface area contributed by atoms with Crippen molar-refractivity contribution in [2.75, 3.05) is 5.32 Å². The standard InChI is InChI=1S/C23H20N6O3S2/c1-3-4-19-28-29-20(30)10-17(26-23(29)34-19)12-32-18-7-5-15(6-8-18)9-16(11-24)21(31)27-22-25-14(2)13-33-22/h5-10,13H,3-4,12H2,1-2H3,(H,25,27,31). The number of nitrogens with one attached hydrogen (secondary N) is 1. The van der Waals surface area contributed by atoms with E-state index >= 15 is 0 Å². The van der Waals surface area contributed by atoms with Crippen LogP contribution in [0.2, 0.25) is 0 Å². The van der Waals surface area contributed by atoms with Crippen molar-refractivity contribution >= 4 is 44.7 Å². The summed E-state index contributed by atoms with van der Waals surface area (Å²) in [7, 11) is 0. The number of ether oxygens (including phenoxy) is 1. The number of anilines is 1. The normalized spacial score (nSPS) is 11.4. The molecule has 0 atom stereocenters. The molecule has 11 heteroatoms. The third-order valence-corrected chi connectivity index (χ3v) is 6.43. The van der Waals surface area contributed by atoms with Gasteiger partial charge in [-0.25, -0.2) is 9.97 Å². The van der Waals surface area contributed by atoms with E-state index in [0.717, 1.165) is 23.5 Å². The van der Waals surface area contributed by atoms with Gasteiger partial charge in [0.1, 0.15) is 29.0 Å². The summed E-state index contributed by atoms with van der Waals surface area (Å²) in [5.74, 6) is 0.0476. The highest BCUT2D eigenvalue weighted by atomic mass is 32.1. The van der Waals surface area contributed by atoms with Gasteiger partial charge in [0.05, 0.1) is 11.4 Å². The fraction of sp³-hybridized carbons (Fsp3) is 0.217. The number of benzene rings is 1. The minimum atomic E-state index is -0.518. The molecular weight excluding hydrogens is 472 g/mol. The number of fused-ring (bicyclic) bond motifs is 1. The highest BCUT2D eigenvalue weighted by molar-refractivity contribution is 7.16. The molecule has 3 heterocycles. The van der Waals surface area contributed by atoms with Crippen molar-refractivity contribution in [2.45, 2.75) is 33.3 Å². The first-order chi connectivity index (χ1) is 16.4. The molecule has 0 fully saturated rings. The molecule has 0 aliphatic heterocycles. The zero-order chi connectivity index (χ0) is 24.1. The lowest BCUT2D eigenvalue weighted by atomic mass is 10.1. The molecule has 4 rings (SSSR count). The predicted molar refractivity (Wildman–Crippen MR) is 131 cm³/mol. The van der Waals surface area contributed by atoms with Crippen molar-refractivity contribution in [1.29, 1.82) is 5.26 Å². The van der Waals surface area contributed by atoms with Crippen LogP contribution < -0.4 is 15.6 Å². The first-order valence-corrected chi connectivity index (χ1v) is 12.1. The molecule has 4 aromatic rings. The maximum Gasteiger partial charge on any atom is 0.275 e.